The molecule has 0 aliphatic heterocycles. The van der Waals surface area contributed by atoms with E-state index in [4.69, 9.17) is 0 Å². The van der Waals surface area contributed by atoms with E-state index >= 15 is 0 Å². The van der Waals surface area contributed by atoms with Crippen molar-refractivity contribution in [3.8, 4) is 10.6 Å². The van der Waals surface area contributed by atoms with Crippen LogP contribution >= 0.6 is 11.3 Å². The number of rotatable bonds is 6. The number of benzene rings is 1. The Hall–Kier alpha value is -1.89. The van der Waals surface area contributed by atoms with Gasteiger partial charge in [-0.3, -0.25) is 4.79 Å². The van der Waals surface area contributed by atoms with Crippen molar-refractivity contribution >= 4 is 17.2 Å². The molecule has 3 nitrogen and oxygen atoms in total. The van der Waals surface area contributed by atoms with Gasteiger partial charge >= 0.3 is 6.18 Å². The molecule has 1 aliphatic rings. The second-order valence-corrected chi connectivity index (χ2v) is 7.26. The molecule has 2 aromatic rings. The van der Waals surface area contributed by atoms with E-state index in [1.54, 1.807) is 12.3 Å². The van der Waals surface area contributed by atoms with E-state index in [1.165, 1.54) is 11.3 Å². The van der Waals surface area contributed by atoms with Crippen molar-refractivity contribution in [3.63, 3.8) is 0 Å². The third-order valence-electron chi connectivity index (χ3n) is 4.37. The van der Waals surface area contributed by atoms with Gasteiger partial charge in [-0.25, -0.2) is 4.98 Å². The zero-order valence-electron chi connectivity index (χ0n) is 13.8. The van der Waals surface area contributed by atoms with Crippen LogP contribution in [0.4, 0.5) is 13.2 Å². The van der Waals surface area contributed by atoms with Gasteiger partial charge in [-0.05, 0) is 25.7 Å². The van der Waals surface area contributed by atoms with Crippen LogP contribution in [0, 0.1) is 5.92 Å². The Morgan fingerprint density at radius 2 is 2.00 bits per heavy atom. The summed E-state index contributed by atoms with van der Waals surface area (Å²) in [6, 6.07) is 9.12. The average molecular weight is 368 g/mol. The maximum absolute atomic E-state index is 12.9. The molecule has 0 spiro atoms. The third kappa shape index (κ3) is 4.81. The molecule has 1 aromatic heterocycles. The Morgan fingerprint density at radius 1 is 1.32 bits per heavy atom. The fourth-order valence-electron chi connectivity index (χ4n) is 2.84. The molecule has 7 heteroatoms. The zero-order valence-corrected chi connectivity index (χ0v) is 14.6. The summed E-state index contributed by atoms with van der Waals surface area (Å²) < 4.78 is 38.6. The van der Waals surface area contributed by atoms with Crippen molar-refractivity contribution in [3.05, 3.63) is 41.4 Å². The molecule has 0 unspecified atom stereocenters. The number of hydrogen-bond acceptors (Lipinski definition) is 3. The minimum absolute atomic E-state index is 0.101. The summed E-state index contributed by atoms with van der Waals surface area (Å²) in [7, 11) is 0. The van der Waals surface area contributed by atoms with E-state index in [2.05, 4.69) is 4.98 Å². The number of nitrogens with zero attached hydrogens (tertiary/aromatic N) is 2. The lowest BCUT2D eigenvalue weighted by atomic mass is 10.1. The van der Waals surface area contributed by atoms with Gasteiger partial charge in [-0.1, -0.05) is 30.3 Å². The van der Waals surface area contributed by atoms with Crippen LogP contribution in [0.1, 0.15) is 25.5 Å². The van der Waals surface area contributed by atoms with Crippen molar-refractivity contribution in [1.29, 1.82) is 0 Å². The van der Waals surface area contributed by atoms with E-state index in [0.717, 1.165) is 28.3 Å². The van der Waals surface area contributed by atoms with E-state index in [9.17, 15) is 18.0 Å². The van der Waals surface area contributed by atoms with Gasteiger partial charge in [0.25, 0.3) is 0 Å². The number of hydrogen-bond donors (Lipinski definition) is 0. The molecule has 1 aliphatic carbocycles. The maximum Gasteiger partial charge on any atom is 0.406 e. The van der Waals surface area contributed by atoms with Gasteiger partial charge in [0.1, 0.15) is 11.6 Å². The highest BCUT2D eigenvalue weighted by Crippen LogP contribution is 2.36. The molecule has 0 N–H and O–H groups in total. The highest BCUT2D eigenvalue weighted by molar-refractivity contribution is 7.13. The monoisotopic (exact) mass is 368 g/mol. The van der Waals surface area contributed by atoms with E-state index in [-0.39, 0.29) is 18.4 Å². The Bertz CT molecular complexity index is 725. The Morgan fingerprint density at radius 3 is 2.60 bits per heavy atom. The summed E-state index contributed by atoms with van der Waals surface area (Å²) in [5.74, 6) is -0.330. The first-order valence-electron chi connectivity index (χ1n) is 8.19. The Kier molecular flexibility index (Phi) is 5.13. The van der Waals surface area contributed by atoms with Gasteiger partial charge in [-0.15, -0.1) is 11.3 Å². The first-order chi connectivity index (χ1) is 11.8. The second kappa shape index (κ2) is 7.15. The molecule has 0 bridgehead atoms. The standard InChI is InChI=1S/C18H19F3N2OS/c1-12(13-7-8-13)23(11-18(19,20)21)16(24)9-15-10-25-17(22-15)14-5-3-2-4-6-14/h2-6,10,12-13H,7-9,11H2,1H3/t12-/m0/s1. The van der Waals surface area contributed by atoms with E-state index in [1.807, 2.05) is 30.3 Å². The lowest BCUT2D eigenvalue weighted by Crippen LogP contribution is -2.46. The minimum Gasteiger partial charge on any atom is -0.330 e. The molecule has 3 rings (SSSR count). The molecule has 1 heterocycles. The minimum atomic E-state index is -4.39. The van der Waals surface area contributed by atoms with Gasteiger partial charge < -0.3 is 4.90 Å². The summed E-state index contributed by atoms with van der Waals surface area (Å²) >= 11 is 1.39. The van der Waals surface area contributed by atoms with Crippen LogP contribution in [0.5, 0.6) is 0 Å². The van der Waals surface area contributed by atoms with Crippen LogP contribution in [0.15, 0.2) is 35.7 Å². The van der Waals surface area contributed by atoms with Gasteiger partial charge in [0, 0.05) is 17.0 Å². The van der Waals surface area contributed by atoms with Crippen LogP contribution < -0.4 is 0 Å². The molecule has 1 aromatic carbocycles. The van der Waals surface area contributed by atoms with Crippen molar-refractivity contribution in [2.75, 3.05) is 6.54 Å². The third-order valence-corrected chi connectivity index (χ3v) is 5.31. The molecular weight excluding hydrogens is 349 g/mol. The Balaban J connectivity index is 1.71. The lowest BCUT2D eigenvalue weighted by molar-refractivity contribution is -0.165. The highest BCUT2D eigenvalue weighted by Gasteiger charge is 2.40. The lowest BCUT2D eigenvalue weighted by Gasteiger charge is -2.30. The van der Waals surface area contributed by atoms with Crippen LogP contribution in [0.25, 0.3) is 10.6 Å². The van der Waals surface area contributed by atoms with Gasteiger partial charge in [0.15, 0.2) is 0 Å². The molecule has 25 heavy (non-hydrogen) atoms. The molecule has 0 saturated heterocycles. The first-order valence-corrected chi connectivity index (χ1v) is 9.07. The number of aromatic nitrogens is 1. The van der Waals surface area contributed by atoms with Crippen molar-refractivity contribution in [2.45, 2.75) is 38.4 Å². The first kappa shape index (κ1) is 17.9. The zero-order chi connectivity index (χ0) is 18.0. The number of thiazole rings is 1. The molecule has 1 atom stereocenters. The summed E-state index contributed by atoms with van der Waals surface area (Å²) in [5, 5.41) is 2.51. The molecule has 134 valence electrons. The SMILES string of the molecule is C[C@@H](C1CC1)N(CC(F)(F)F)C(=O)Cc1csc(-c2ccccc2)n1. The largest absolute Gasteiger partial charge is 0.406 e. The quantitative estimate of drug-likeness (QED) is 0.750. The summed E-state index contributed by atoms with van der Waals surface area (Å²) in [4.78, 5) is 17.9. The second-order valence-electron chi connectivity index (χ2n) is 6.40. The average Bonchev–Trinajstić information content (AvgIpc) is 3.31. The highest BCUT2D eigenvalue weighted by atomic mass is 32.1. The van der Waals surface area contributed by atoms with Crippen molar-refractivity contribution in [2.24, 2.45) is 5.92 Å². The van der Waals surface area contributed by atoms with Crippen LogP contribution in [0.2, 0.25) is 0 Å². The number of amides is 1. The number of halogens is 3. The normalized spacial score (nSPS) is 15.8. The molecule has 0 radical (unpaired) electrons. The summed E-state index contributed by atoms with van der Waals surface area (Å²) in [6.45, 7) is 0.511. The van der Waals surface area contributed by atoms with Crippen LogP contribution in [-0.2, 0) is 11.2 Å². The smallest absolute Gasteiger partial charge is 0.330 e. The molecule has 1 saturated carbocycles. The van der Waals surface area contributed by atoms with Gasteiger partial charge in [0.05, 0.1) is 12.1 Å². The predicted octanol–water partition coefficient (Wildman–Crippen LogP) is 4.54. The van der Waals surface area contributed by atoms with Crippen LogP contribution in [-0.4, -0.2) is 34.6 Å². The topological polar surface area (TPSA) is 33.2 Å². The fraction of sp³-hybridized carbons (Fsp3) is 0.444. The summed E-state index contributed by atoms with van der Waals surface area (Å²) in [6.07, 6.45) is -2.72. The van der Waals surface area contributed by atoms with E-state index in [0.29, 0.717) is 5.69 Å². The van der Waals surface area contributed by atoms with Crippen LogP contribution in [0.3, 0.4) is 0 Å². The molecular formula is C18H19F3N2OS. The van der Waals surface area contributed by atoms with Crippen molar-refractivity contribution in [1.82, 2.24) is 9.88 Å². The maximum atomic E-state index is 12.9. The molecule has 1 amide bonds. The Labute approximate surface area is 148 Å². The predicted molar refractivity (Wildman–Crippen MR) is 91.2 cm³/mol. The fourth-order valence-corrected chi connectivity index (χ4v) is 3.67. The summed E-state index contributed by atoms with van der Waals surface area (Å²) in [5.41, 5.74) is 1.45. The number of carbonyl (C=O) groups is 1. The van der Waals surface area contributed by atoms with E-state index < -0.39 is 18.6 Å². The molecule has 1 fully saturated rings. The van der Waals surface area contributed by atoms with Crippen molar-refractivity contribution < 1.29 is 18.0 Å². The number of alkyl halides is 3. The van der Waals surface area contributed by atoms with Gasteiger partial charge in [0.2, 0.25) is 5.91 Å². The number of carbonyl (C=O) groups excluding carboxylic acids is 1. The van der Waals surface area contributed by atoms with Gasteiger partial charge in [-0.2, -0.15) is 13.2 Å².